The molecule has 0 aromatic heterocycles. The molecule has 0 spiro atoms. The van der Waals surface area contributed by atoms with Crippen LogP contribution in [-0.2, 0) is 4.79 Å². The fourth-order valence-corrected chi connectivity index (χ4v) is 1.21. The van der Waals surface area contributed by atoms with Gasteiger partial charge in [-0.15, -0.1) is 0 Å². The minimum absolute atomic E-state index is 0.00505. The summed E-state index contributed by atoms with van der Waals surface area (Å²) in [5, 5.41) is 9.52. The zero-order chi connectivity index (χ0) is 11.7. The summed E-state index contributed by atoms with van der Waals surface area (Å²) >= 11 is 0. The number of rotatable bonds is 6. The van der Waals surface area contributed by atoms with Crippen LogP contribution in [0.2, 0.25) is 0 Å². The van der Waals surface area contributed by atoms with Gasteiger partial charge in [-0.2, -0.15) is 0 Å². The quantitative estimate of drug-likeness (QED) is 0.538. The molecule has 0 amide bonds. The van der Waals surface area contributed by atoms with Crippen LogP contribution in [-0.4, -0.2) is 17.5 Å². The van der Waals surface area contributed by atoms with Crippen LogP contribution in [0.1, 0.15) is 27.2 Å². The van der Waals surface area contributed by atoms with E-state index in [1.807, 2.05) is 51.2 Å². The number of aldehydes is 1. The number of carbonyl (C=O) groups is 1. The van der Waals surface area contributed by atoms with Crippen LogP contribution in [0.4, 0.5) is 0 Å². The molecule has 0 saturated heterocycles. The van der Waals surface area contributed by atoms with Crippen molar-refractivity contribution in [2.45, 2.75) is 33.3 Å². The number of carbonyl (C=O) groups excluding carboxylic acids is 1. The van der Waals surface area contributed by atoms with Gasteiger partial charge in [-0.05, 0) is 13.8 Å². The first kappa shape index (κ1) is 13.8. The summed E-state index contributed by atoms with van der Waals surface area (Å²) in [7, 11) is 0. The van der Waals surface area contributed by atoms with Crippen molar-refractivity contribution in [2.75, 3.05) is 0 Å². The lowest BCUT2D eigenvalue weighted by atomic mass is 9.99. The fourth-order valence-electron chi connectivity index (χ4n) is 1.21. The molecule has 2 nitrogen and oxygen atoms in total. The topological polar surface area (TPSA) is 37.3 Å². The Morgan fingerprint density at radius 1 is 1.40 bits per heavy atom. The maximum Gasteiger partial charge on any atom is 0.122 e. The Kier molecular flexibility index (Phi) is 7.56. The first-order chi connectivity index (χ1) is 7.11. The average molecular weight is 208 g/mol. The molecule has 0 unspecified atom stereocenters. The summed E-state index contributed by atoms with van der Waals surface area (Å²) in [5.41, 5.74) is 1.09. The van der Waals surface area contributed by atoms with E-state index in [1.165, 1.54) is 0 Å². The number of hydrogen-bond donors (Lipinski definition) is 1. The van der Waals surface area contributed by atoms with Crippen LogP contribution in [0.3, 0.4) is 0 Å². The van der Waals surface area contributed by atoms with E-state index in [1.54, 1.807) is 0 Å². The van der Waals surface area contributed by atoms with E-state index < -0.39 is 6.10 Å². The molecule has 0 aliphatic rings. The van der Waals surface area contributed by atoms with Crippen molar-refractivity contribution in [1.29, 1.82) is 0 Å². The minimum atomic E-state index is -0.576. The van der Waals surface area contributed by atoms with Gasteiger partial charge >= 0.3 is 0 Å². The predicted molar refractivity (Wildman–Crippen MR) is 63.6 cm³/mol. The van der Waals surface area contributed by atoms with Gasteiger partial charge in [0.25, 0.3) is 0 Å². The third-order valence-electron chi connectivity index (χ3n) is 2.13. The van der Waals surface area contributed by atoms with Crippen LogP contribution in [0.15, 0.2) is 36.0 Å². The standard InChI is InChI=1S/C13H20O2/c1-4-5-6-7-11(2)10-12(3)13(15)8-9-14/h4-7,9-10,12-13,15H,8H2,1-3H3/b5-4+,7-6+,11-10+/t12-,13-/m0/s1. The van der Waals surface area contributed by atoms with Crippen molar-refractivity contribution in [3.8, 4) is 0 Å². The lowest BCUT2D eigenvalue weighted by Crippen LogP contribution is -2.16. The predicted octanol–water partition coefficient (Wildman–Crippen LogP) is 2.65. The van der Waals surface area contributed by atoms with Crippen molar-refractivity contribution >= 4 is 6.29 Å². The molecule has 0 bridgehead atoms. The van der Waals surface area contributed by atoms with Gasteiger partial charge in [0.2, 0.25) is 0 Å². The molecular formula is C13H20O2. The normalized spacial score (nSPS) is 17.2. The summed E-state index contributed by atoms with van der Waals surface area (Å²) in [5.74, 6) is 0.00505. The van der Waals surface area contributed by atoms with Crippen molar-refractivity contribution in [3.05, 3.63) is 36.0 Å². The van der Waals surface area contributed by atoms with Crippen LogP contribution in [0.5, 0.6) is 0 Å². The summed E-state index contributed by atoms with van der Waals surface area (Å²) in [4.78, 5) is 10.2. The van der Waals surface area contributed by atoms with E-state index in [-0.39, 0.29) is 12.3 Å². The third-order valence-corrected chi connectivity index (χ3v) is 2.13. The van der Waals surface area contributed by atoms with Crippen LogP contribution in [0, 0.1) is 5.92 Å². The van der Waals surface area contributed by atoms with Gasteiger partial charge in [0.05, 0.1) is 6.10 Å². The zero-order valence-corrected chi connectivity index (χ0v) is 9.68. The van der Waals surface area contributed by atoms with Crippen LogP contribution >= 0.6 is 0 Å². The molecule has 1 N–H and O–H groups in total. The third kappa shape index (κ3) is 6.86. The van der Waals surface area contributed by atoms with Gasteiger partial charge in [-0.3, -0.25) is 0 Å². The summed E-state index contributed by atoms with van der Waals surface area (Å²) in [6.45, 7) is 5.84. The molecule has 0 fully saturated rings. The molecule has 0 aliphatic heterocycles. The molecular weight excluding hydrogens is 188 g/mol. The van der Waals surface area contributed by atoms with Gasteiger partial charge in [0, 0.05) is 12.3 Å². The smallest absolute Gasteiger partial charge is 0.122 e. The number of aliphatic hydroxyl groups excluding tert-OH is 1. The van der Waals surface area contributed by atoms with Crippen molar-refractivity contribution in [3.63, 3.8) is 0 Å². The lowest BCUT2D eigenvalue weighted by Gasteiger charge is -2.12. The highest BCUT2D eigenvalue weighted by molar-refractivity contribution is 5.50. The molecule has 84 valence electrons. The first-order valence-corrected chi connectivity index (χ1v) is 5.21. The van der Waals surface area contributed by atoms with E-state index in [0.29, 0.717) is 0 Å². The highest BCUT2D eigenvalue weighted by atomic mass is 16.3. The molecule has 0 rings (SSSR count). The Balaban J connectivity index is 4.27. The number of allylic oxidation sites excluding steroid dienone is 5. The molecule has 0 aromatic rings. The number of hydrogen-bond acceptors (Lipinski definition) is 2. The fraction of sp³-hybridized carbons (Fsp3) is 0.462. The van der Waals surface area contributed by atoms with Gasteiger partial charge in [0.1, 0.15) is 6.29 Å². The van der Waals surface area contributed by atoms with E-state index in [2.05, 4.69) is 0 Å². The maximum atomic E-state index is 10.2. The second-order valence-electron chi connectivity index (χ2n) is 3.62. The van der Waals surface area contributed by atoms with E-state index >= 15 is 0 Å². The minimum Gasteiger partial charge on any atom is -0.392 e. The Hall–Kier alpha value is -1.15. The highest BCUT2D eigenvalue weighted by Crippen LogP contribution is 2.11. The molecule has 2 atom stereocenters. The largest absolute Gasteiger partial charge is 0.392 e. The summed E-state index contributed by atoms with van der Waals surface area (Å²) in [6, 6.07) is 0. The van der Waals surface area contributed by atoms with Gasteiger partial charge in [-0.1, -0.05) is 42.9 Å². The highest BCUT2D eigenvalue weighted by Gasteiger charge is 2.10. The monoisotopic (exact) mass is 208 g/mol. The molecule has 0 heterocycles. The number of aliphatic hydroxyl groups is 1. The molecule has 15 heavy (non-hydrogen) atoms. The Morgan fingerprint density at radius 3 is 2.60 bits per heavy atom. The molecule has 0 saturated carbocycles. The Bertz CT molecular complexity index is 262. The molecule has 0 radical (unpaired) electrons. The van der Waals surface area contributed by atoms with Gasteiger partial charge in [0.15, 0.2) is 0 Å². The Morgan fingerprint density at radius 2 is 2.07 bits per heavy atom. The van der Waals surface area contributed by atoms with Gasteiger partial charge in [-0.25, -0.2) is 0 Å². The second kappa shape index (κ2) is 8.18. The molecule has 0 aliphatic carbocycles. The Labute approximate surface area is 92.0 Å². The second-order valence-corrected chi connectivity index (χ2v) is 3.62. The van der Waals surface area contributed by atoms with Crippen molar-refractivity contribution < 1.29 is 9.90 Å². The lowest BCUT2D eigenvalue weighted by molar-refractivity contribution is -0.109. The van der Waals surface area contributed by atoms with Crippen LogP contribution < -0.4 is 0 Å². The first-order valence-electron chi connectivity index (χ1n) is 5.21. The van der Waals surface area contributed by atoms with E-state index in [0.717, 1.165) is 11.9 Å². The molecule has 0 aromatic carbocycles. The van der Waals surface area contributed by atoms with Crippen molar-refractivity contribution in [2.24, 2.45) is 5.92 Å². The van der Waals surface area contributed by atoms with Crippen molar-refractivity contribution in [1.82, 2.24) is 0 Å². The van der Waals surface area contributed by atoms with E-state index in [9.17, 15) is 9.90 Å². The van der Waals surface area contributed by atoms with E-state index in [4.69, 9.17) is 0 Å². The average Bonchev–Trinajstić information content (AvgIpc) is 2.18. The zero-order valence-electron chi connectivity index (χ0n) is 9.68. The SMILES string of the molecule is C/C=C/C=C/C(C)=C/[C@H](C)[C@@H](O)CC=O. The van der Waals surface area contributed by atoms with Gasteiger partial charge < -0.3 is 9.90 Å². The summed E-state index contributed by atoms with van der Waals surface area (Å²) < 4.78 is 0. The maximum absolute atomic E-state index is 10.2. The molecule has 2 heteroatoms. The van der Waals surface area contributed by atoms with Crippen LogP contribution in [0.25, 0.3) is 0 Å². The summed E-state index contributed by atoms with van der Waals surface area (Å²) in [6.07, 6.45) is 10.2.